The van der Waals surface area contributed by atoms with E-state index in [0.29, 0.717) is 10.9 Å². The van der Waals surface area contributed by atoms with Crippen LogP contribution in [0.1, 0.15) is 26.3 Å². The summed E-state index contributed by atoms with van der Waals surface area (Å²) in [5.41, 5.74) is 5.37. The molecule has 0 aliphatic carbocycles. The van der Waals surface area contributed by atoms with Gasteiger partial charge in [-0.25, -0.2) is 14.2 Å². The largest absolute Gasteiger partial charge is 0.457 e. The van der Waals surface area contributed by atoms with Gasteiger partial charge in [0, 0.05) is 5.56 Å². The third-order valence-corrected chi connectivity index (χ3v) is 5.25. The Bertz CT molecular complexity index is 1600. The molecule has 9 nitrogen and oxygen atoms in total. The summed E-state index contributed by atoms with van der Waals surface area (Å²) >= 11 is 0. The van der Waals surface area contributed by atoms with E-state index in [0.717, 1.165) is 15.5 Å². The average molecular weight is 468 g/mol. The fraction of sp³-hybridized carbons (Fsp3) is 0.0769. The predicted octanol–water partition coefficient (Wildman–Crippen LogP) is 2.51. The van der Waals surface area contributed by atoms with Gasteiger partial charge in [-0.2, -0.15) is 0 Å². The molecule has 4 rings (SSSR count). The van der Waals surface area contributed by atoms with Gasteiger partial charge in [-0.3, -0.25) is 14.6 Å². The highest BCUT2D eigenvalue weighted by atomic mass is 16.5. The van der Waals surface area contributed by atoms with Crippen LogP contribution in [0.2, 0.25) is 0 Å². The highest BCUT2D eigenvalue weighted by Crippen LogP contribution is 2.20. The number of fused-ring (bicyclic) bond motifs is 1. The predicted molar refractivity (Wildman–Crippen MR) is 132 cm³/mol. The molecule has 174 valence electrons. The Morgan fingerprint density at radius 2 is 1.66 bits per heavy atom. The maximum absolute atomic E-state index is 12.8. The SMILES string of the molecule is C#CCn1c(=O)[nH]c(N)c(NC(=O)c2ccc3cc(C(=O)OCc4ccccc4)ccc3c2)c1=O. The van der Waals surface area contributed by atoms with E-state index in [1.807, 2.05) is 30.3 Å². The molecule has 35 heavy (non-hydrogen) atoms. The van der Waals surface area contributed by atoms with Gasteiger partial charge in [0.05, 0.1) is 12.1 Å². The number of ether oxygens (including phenoxy) is 1. The number of carbonyl (C=O) groups excluding carboxylic acids is 2. The molecule has 4 N–H and O–H groups in total. The number of hydrogen-bond acceptors (Lipinski definition) is 6. The van der Waals surface area contributed by atoms with Crippen LogP contribution >= 0.6 is 0 Å². The Balaban J connectivity index is 1.53. The van der Waals surface area contributed by atoms with Crippen molar-refractivity contribution >= 4 is 34.2 Å². The number of nitrogen functional groups attached to an aromatic ring is 1. The van der Waals surface area contributed by atoms with Crippen LogP contribution in [0, 0.1) is 12.3 Å². The Kier molecular flexibility index (Phi) is 6.46. The summed E-state index contributed by atoms with van der Waals surface area (Å²) in [6, 6.07) is 19.1. The van der Waals surface area contributed by atoms with Gasteiger partial charge >= 0.3 is 11.7 Å². The number of carbonyl (C=O) groups is 2. The second kappa shape index (κ2) is 9.80. The zero-order valence-corrected chi connectivity index (χ0v) is 18.4. The number of benzene rings is 3. The number of amides is 1. The molecule has 0 aliphatic heterocycles. The van der Waals surface area contributed by atoms with E-state index in [-0.39, 0.29) is 30.2 Å². The molecule has 1 heterocycles. The molecular weight excluding hydrogens is 448 g/mol. The van der Waals surface area contributed by atoms with E-state index in [1.54, 1.807) is 36.4 Å². The molecular formula is C26H20N4O5. The van der Waals surface area contributed by atoms with E-state index in [2.05, 4.69) is 16.2 Å². The first-order chi connectivity index (χ1) is 16.9. The minimum Gasteiger partial charge on any atom is -0.457 e. The molecule has 0 saturated heterocycles. The highest BCUT2D eigenvalue weighted by Gasteiger charge is 2.16. The first kappa shape index (κ1) is 23.1. The van der Waals surface area contributed by atoms with Crippen LogP contribution in [-0.4, -0.2) is 21.4 Å². The minimum absolute atomic E-state index is 0.160. The molecule has 0 unspecified atom stereocenters. The lowest BCUT2D eigenvalue weighted by Gasteiger charge is -2.10. The molecule has 0 fully saturated rings. The van der Waals surface area contributed by atoms with Crippen LogP contribution < -0.4 is 22.3 Å². The van der Waals surface area contributed by atoms with E-state index < -0.39 is 23.1 Å². The van der Waals surface area contributed by atoms with Crippen molar-refractivity contribution in [3.8, 4) is 12.3 Å². The zero-order chi connectivity index (χ0) is 24.9. The summed E-state index contributed by atoms with van der Waals surface area (Å²) in [5, 5.41) is 3.85. The van der Waals surface area contributed by atoms with Crippen LogP contribution in [0.4, 0.5) is 11.5 Å². The molecule has 0 bridgehead atoms. The molecule has 0 atom stereocenters. The van der Waals surface area contributed by atoms with Crippen LogP contribution in [-0.2, 0) is 17.9 Å². The first-order valence-corrected chi connectivity index (χ1v) is 10.5. The van der Waals surface area contributed by atoms with Gasteiger partial charge in [0.25, 0.3) is 11.5 Å². The molecule has 3 aromatic carbocycles. The van der Waals surface area contributed by atoms with Crippen molar-refractivity contribution in [3.63, 3.8) is 0 Å². The third kappa shape index (κ3) is 4.96. The number of H-pyrrole nitrogens is 1. The second-order valence-corrected chi connectivity index (χ2v) is 7.61. The normalized spacial score (nSPS) is 10.5. The number of aromatic amines is 1. The van der Waals surface area contributed by atoms with Gasteiger partial charge in [-0.15, -0.1) is 6.42 Å². The summed E-state index contributed by atoms with van der Waals surface area (Å²) in [6.07, 6.45) is 5.19. The van der Waals surface area contributed by atoms with E-state index in [9.17, 15) is 19.2 Å². The fourth-order valence-corrected chi connectivity index (χ4v) is 3.45. The van der Waals surface area contributed by atoms with Crippen molar-refractivity contribution in [2.24, 2.45) is 0 Å². The Hall–Kier alpha value is -5.10. The minimum atomic E-state index is -0.808. The lowest BCUT2D eigenvalue weighted by molar-refractivity contribution is 0.0473. The number of terminal acetylenes is 1. The maximum atomic E-state index is 12.8. The number of rotatable bonds is 6. The monoisotopic (exact) mass is 468 g/mol. The van der Waals surface area contributed by atoms with Crippen molar-refractivity contribution < 1.29 is 14.3 Å². The molecule has 1 aromatic heterocycles. The summed E-state index contributed by atoms with van der Waals surface area (Å²) in [6.45, 7) is -0.114. The summed E-state index contributed by atoms with van der Waals surface area (Å²) in [5.74, 6) is 0.852. The molecule has 1 amide bonds. The Labute approximate surface area is 199 Å². The summed E-state index contributed by atoms with van der Waals surface area (Å²) < 4.78 is 6.12. The van der Waals surface area contributed by atoms with Gasteiger partial charge in [0.1, 0.15) is 18.1 Å². The van der Waals surface area contributed by atoms with Crippen LogP contribution in [0.5, 0.6) is 0 Å². The molecule has 9 heteroatoms. The maximum Gasteiger partial charge on any atom is 0.338 e. The van der Waals surface area contributed by atoms with Crippen molar-refractivity contribution in [2.75, 3.05) is 11.1 Å². The van der Waals surface area contributed by atoms with Crippen molar-refractivity contribution in [1.29, 1.82) is 0 Å². The Morgan fingerprint density at radius 3 is 2.34 bits per heavy atom. The topological polar surface area (TPSA) is 136 Å². The molecule has 0 saturated carbocycles. The second-order valence-electron chi connectivity index (χ2n) is 7.61. The molecule has 0 aliphatic rings. The quantitative estimate of drug-likeness (QED) is 0.294. The summed E-state index contributed by atoms with van der Waals surface area (Å²) in [7, 11) is 0. The Morgan fingerprint density at radius 1 is 1.00 bits per heavy atom. The van der Waals surface area contributed by atoms with Crippen LogP contribution in [0.3, 0.4) is 0 Å². The van der Waals surface area contributed by atoms with Gasteiger partial charge in [-0.1, -0.05) is 48.4 Å². The third-order valence-electron chi connectivity index (χ3n) is 5.25. The zero-order valence-electron chi connectivity index (χ0n) is 18.4. The lowest BCUT2D eigenvalue weighted by Crippen LogP contribution is -2.38. The lowest BCUT2D eigenvalue weighted by atomic mass is 10.0. The van der Waals surface area contributed by atoms with Gasteiger partial charge in [0.15, 0.2) is 0 Å². The number of aromatic nitrogens is 2. The number of anilines is 2. The average Bonchev–Trinajstić information content (AvgIpc) is 2.87. The molecule has 4 aromatic rings. The number of nitrogens with zero attached hydrogens (tertiary/aromatic N) is 1. The van der Waals surface area contributed by atoms with Gasteiger partial charge in [0.2, 0.25) is 0 Å². The number of nitrogens with one attached hydrogen (secondary N) is 2. The van der Waals surface area contributed by atoms with Crippen LogP contribution in [0.25, 0.3) is 10.8 Å². The van der Waals surface area contributed by atoms with E-state index in [1.165, 1.54) is 0 Å². The fourth-order valence-electron chi connectivity index (χ4n) is 3.45. The number of nitrogens with two attached hydrogens (primary N) is 1. The van der Waals surface area contributed by atoms with E-state index in [4.69, 9.17) is 16.9 Å². The molecule has 0 spiro atoms. The number of esters is 1. The van der Waals surface area contributed by atoms with Crippen LogP contribution in [0.15, 0.2) is 76.3 Å². The number of hydrogen-bond donors (Lipinski definition) is 3. The standard InChI is InChI=1S/C26H20N4O5/c1-2-12-30-24(32)21(22(27)29-26(30)34)28-23(31)19-10-8-18-14-20(11-9-17(18)13-19)25(33)35-15-16-6-4-3-5-7-16/h1,3-11,13-14H,12,15,27H2,(H,28,31)(H,29,34). The van der Waals surface area contributed by atoms with Crippen molar-refractivity contribution in [2.45, 2.75) is 13.2 Å². The highest BCUT2D eigenvalue weighted by molar-refractivity contribution is 6.07. The molecule has 0 radical (unpaired) electrons. The smallest absolute Gasteiger partial charge is 0.338 e. The van der Waals surface area contributed by atoms with E-state index >= 15 is 0 Å². The van der Waals surface area contributed by atoms with Crippen molar-refractivity contribution in [3.05, 3.63) is 104 Å². The first-order valence-electron chi connectivity index (χ1n) is 10.5. The van der Waals surface area contributed by atoms with Gasteiger partial charge in [-0.05, 0) is 40.6 Å². The van der Waals surface area contributed by atoms with Gasteiger partial charge < -0.3 is 15.8 Å². The summed E-state index contributed by atoms with van der Waals surface area (Å²) in [4.78, 5) is 51.9. The van der Waals surface area contributed by atoms with Crippen molar-refractivity contribution in [1.82, 2.24) is 9.55 Å².